The second kappa shape index (κ2) is 4.75. The lowest BCUT2D eigenvalue weighted by Gasteiger charge is -2.29. The molecule has 0 saturated carbocycles. The van der Waals surface area contributed by atoms with E-state index in [1.807, 2.05) is 0 Å². The highest BCUT2D eigenvalue weighted by Crippen LogP contribution is 2.24. The van der Waals surface area contributed by atoms with E-state index in [9.17, 15) is 9.90 Å². The van der Waals surface area contributed by atoms with Crippen molar-refractivity contribution in [3.63, 3.8) is 0 Å². The Morgan fingerprint density at radius 1 is 0.944 bits per heavy atom. The Hall–Kier alpha value is -1.32. The van der Waals surface area contributed by atoms with Crippen molar-refractivity contribution in [3.8, 4) is 5.75 Å². The average molecular weight is 249 g/mol. The smallest absolute Gasteiger partial charge is 0.294 e. The van der Waals surface area contributed by atoms with E-state index in [2.05, 4.69) is 9.48 Å². The van der Waals surface area contributed by atoms with Gasteiger partial charge in [0.15, 0.2) is 0 Å². The predicted molar refractivity (Wildman–Crippen MR) is 71.7 cm³/mol. The van der Waals surface area contributed by atoms with Crippen LogP contribution in [0, 0.1) is 0 Å². The molecule has 2 saturated heterocycles. The van der Waals surface area contributed by atoms with Crippen LogP contribution in [0.5, 0.6) is 5.75 Å². The van der Waals surface area contributed by atoms with Crippen LogP contribution in [0.15, 0.2) is 4.79 Å². The van der Waals surface area contributed by atoms with Crippen LogP contribution >= 0.6 is 0 Å². The molecule has 0 aromatic heterocycles. The van der Waals surface area contributed by atoms with Crippen molar-refractivity contribution in [1.82, 2.24) is 4.58 Å². The Bertz CT molecular complexity index is 512. The fraction of sp³-hybridized carbons (Fsp3) is 0.714. The van der Waals surface area contributed by atoms with Crippen molar-refractivity contribution in [2.45, 2.75) is 38.5 Å². The molecule has 2 aliphatic heterocycles. The zero-order valence-electron chi connectivity index (χ0n) is 10.8. The maximum Gasteiger partial charge on any atom is 0.294 e. The molecule has 4 nitrogen and oxygen atoms in total. The highest BCUT2D eigenvalue weighted by atomic mass is 16.3. The largest absolute Gasteiger partial charge is 0.501 e. The standard InChI is InChI=1S/C14H20N2O2/c17-13-11(15-7-3-1-4-8-15)14(18)12(13)16-9-5-2-6-10-16/h1-10H2/p+1. The normalized spacial score (nSPS) is 21.6. The summed E-state index contributed by atoms with van der Waals surface area (Å²) in [6.07, 6.45) is 6.99. The Morgan fingerprint density at radius 3 is 2.17 bits per heavy atom. The number of nitrogens with zero attached hydrogens (tertiary/aromatic N) is 2. The lowest BCUT2D eigenvalue weighted by Crippen LogP contribution is -2.50. The zero-order valence-corrected chi connectivity index (χ0v) is 10.8. The Morgan fingerprint density at radius 2 is 1.56 bits per heavy atom. The maximum atomic E-state index is 12.2. The molecular formula is C14H21N2O2+. The molecule has 3 rings (SSSR count). The molecule has 0 aliphatic carbocycles. The van der Waals surface area contributed by atoms with Crippen LogP contribution in [0.4, 0.5) is 5.69 Å². The summed E-state index contributed by atoms with van der Waals surface area (Å²) in [5, 5.41) is 10.8. The first-order chi connectivity index (χ1) is 8.79. The minimum atomic E-state index is 0.0660. The molecule has 98 valence electrons. The molecule has 1 aromatic carbocycles. The molecule has 2 fully saturated rings. The van der Waals surface area contributed by atoms with Gasteiger partial charge in [-0.3, -0.25) is 4.79 Å². The summed E-state index contributed by atoms with van der Waals surface area (Å²) >= 11 is 0. The zero-order chi connectivity index (χ0) is 12.5. The SMILES string of the molecule is O=c1c(N2CCCCC2)c(O)c1=[N+]1CCCCC1. The van der Waals surface area contributed by atoms with E-state index in [1.54, 1.807) is 0 Å². The number of hydrogen-bond donors (Lipinski definition) is 1. The van der Waals surface area contributed by atoms with Gasteiger partial charge < -0.3 is 10.0 Å². The van der Waals surface area contributed by atoms with Gasteiger partial charge in [-0.2, -0.15) is 0 Å². The Kier molecular flexibility index (Phi) is 3.10. The van der Waals surface area contributed by atoms with E-state index in [1.165, 1.54) is 12.8 Å². The van der Waals surface area contributed by atoms with Crippen molar-refractivity contribution < 1.29 is 5.11 Å². The van der Waals surface area contributed by atoms with Gasteiger partial charge in [-0.15, -0.1) is 0 Å². The summed E-state index contributed by atoms with van der Waals surface area (Å²) in [6.45, 7) is 3.66. The van der Waals surface area contributed by atoms with Crippen LogP contribution in [0.2, 0.25) is 0 Å². The van der Waals surface area contributed by atoms with Crippen molar-refractivity contribution in [2.75, 3.05) is 31.1 Å². The van der Waals surface area contributed by atoms with Gasteiger partial charge in [-0.1, -0.05) is 0 Å². The first-order valence-corrected chi connectivity index (χ1v) is 7.14. The molecule has 0 radical (unpaired) electrons. The van der Waals surface area contributed by atoms with Gasteiger partial charge in [0.05, 0.1) is 0 Å². The predicted octanol–water partition coefficient (Wildman–Crippen LogP) is 0.574. The van der Waals surface area contributed by atoms with Gasteiger partial charge in [0.25, 0.3) is 10.8 Å². The lowest BCUT2D eigenvalue weighted by atomic mass is 10.1. The number of hydrogen-bond acceptors (Lipinski definition) is 3. The van der Waals surface area contributed by atoms with Crippen LogP contribution in [0.25, 0.3) is 0 Å². The summed E-state index contributed by atoms with van der Waals surface area (Å²) in [5.41, 5.74) is 0.645. The minimum absolute atomic E-state index is 0.0660. The quantitative estimate of drug-likeness (QED) is 0.740. The molecular weight excluding hydrogens is 228 g/mol. The third kappa shape index (κ3) is 1.84. The van der Waals surface area contributed by atoms with E-state index in [0.29, 0.717) is 11.0 Å². The summed E-state index contributed by atoms with van der Waals surface area (Å²) in [7, 11) is 0. The molecule has 4 heteroatoms. The van der Waals surface area contributed by atoms with E-state index in [0.717, 1.165) is 51.9 Å². The topological polar surface area (TPSA) is 43.6 Å². The highest BCUT2D eigenvalue weighted by Gasteiger charge is 2.31. The fourth-order valence-electron chi connectivity index (χ4n) is 3.20. The molecule has 1 aromatic rings. The van der Waals surface area contributed by atoms with Crippen LogP contribution in [-0.4, -0.2) is 31.3 Å². The molecule has 0 spiro atoms. The van der Waals surface area contributed by atoms with Crippen LogP contribution in [-0.2, 0) is 0 Å². The van der Waals surface area contributed by atoms with Crippen molar-refractivity contribution in [2.24, 2.45) is 0 Å². The first-order valence-electron chi connectivity index (χ1n) is 7.14. The third-order valence-electron chi connectivity index (χ3n) is 4.22. The maximum absolute atomic E-state index is 12.2. The molecule has 2 aliphatic rings. The van der Waals surface area contributed by atoms with Gasteiger partial charge in [0, 0.05) is 25.9 Å². The van der Waals surface area contributed by atoms with Crippen LogP contribution in [0.1, 0.15) is 38.5 Å². The molecule has 18 heavy (non-hydrogen) atoms. The molecule has 0 unspecified atom stereocenters. The molecule has 0 bridgehead atoms. The lowest BCUT2D eigenvalue weighted by molar-refractivity contribution is 0.409. The fourth-order valence-corrected chi connectivity index (χ4v) is 3.20. The van der Waals surface area contributed by atoms with Crippen LogP contribution < -0.4 is 20.3 Å². The van der Waals surface area contributed by atoms with E-state index in [-0.39, 0.29) is 11.2 Å². The minimum Gasteiger partial charge on any atom is -0.501 e. The van der Waals surface area contributed by atoms with Gasteiger partial charge in [-0.05, 0) is 25.7 Å². The second-order valence-corrected chi connectivity index (χ2v) is 5.47. The summed E-state index contributed by atoms with van der Waals surface area (Å²) in [6, 6.07) is 0. The van der Waals surface area contributed by atoms with Gasteiger partial charge in [0.1, 0.15) is 18.8 Å². The summed E-state index contributed by atoms with van der Waals surface area (Å²) in [5.74, 6) is 0.254. The number of rotatable bonds is 1. The summed E-state index contributed by atoms with van der Waals surface area (Å²) < 4.78 is 2.06. The highest BCUT2D eigenvalue weighted by molar-refractivity contribution is 5.62. The van der Waals surface area contributed by atoms with Crippen molar-refractivity contribution >= 4 is 5.69 Å². The van der Waals surface area contributed by atoms with E-state index in [4.69, 9.17) is 0 Å². The molecule has 0 atom stereocenters. The van der Waals surface area contributed by atoms with Crippen molar-refractivity contribution in [1.29, 1.82) is 0 Å². The molecule has 1 N–H and O–H groups in total. The first kappa shape index (κ1) is 11.8. The average Bonchev–Trinajstić information content (AvgIpc) is 2.41. The summed E-state index contributed by atoms with van der Waals surface area (Å²) in [4.78, 5) is 14.3. The Balaban J connectivity index is 1.93. The van der Waals surface area contributed by atoms with Gasteiger partial charge in [0.2, 0.25) is 5.75 Å². The van der Waals surface area contributed by atoms with E-state index < -0.39 is 0 Å². The number of anilines is 1. The third-order valence-corrected chi connectivity index (χ3v) is 4.22. The number of aromatic hydroxyl groups is 1. The molecule has 0 amide bonds. The van der Waals surface area contributed by atoms with Gasteiger partial charge in [-0.25, -0.2) is 4.58 Å². The second-order valence-electron chi connectivity index (χ2n) is 5.47. The van der Waals surface area contributed by atoms with Crippen LogP contribution in [0.3, 0.4) is 0 Å². The Labute approximate surface area is 107 Å². The monoisotopic (exact) mass is 249 g/mol. The van der Waals surface area contributed by atoms with Crippen molar-refractivity contribution in [3.05, 3.63) is 15.6 Å². The number of piperidine rings is 2. The van der Waals surface area contributed by atoms with Gasteiger partial charge >= 0.3 is 0 Å². The van der Waals surface area contributed by atoms with E-state index >= 15 is 0 Å². The molecule has 2 heterocycles.